The van der Waals surface area contributed by atoms with Crippen molar-refractivity contribution in [2.75, 3.05) is 13.6 Å². The second-order valence-corrected chi connectivity index (χ2v) is 5.16. The van der Waals surface area contributed by atoms with Crippen LogP contribution < -0.4 is 5.32 Å². The fourth-order valence-corrected chi connectivity index (χ4v) is 2.17. The average molecular weight is 254 g/mol. The number of aliphatic carboxylic acids is 1. The van der Waals surface area contributed by atoms with Gasteiger partial charge >= 0.3 is 5.97 Å². The maximum absolute atomic E-state index is 12.0. The minimum absolute atomic E-state index is 0.0121. The van der Waals surface area contributed by atoms with Gasteiger partial charge in [0, 0.05) is 13.1 Å². The smallest absolute Gasteiger partial charge is 0.307 e. The fraction of sp³-hybridized carbons (Fsp3) is 0.750. The van der Waals surface area contributed by atoms with Crippen molar-refractivity contribution in [3.05, 3.63) is 0 Å². The molecule has 0 heterocycles. The van der Waals surface area contributed by atoms with Crippen LogP contribution >= 0.6 is 0 Å². The van der Waals surface area contributed by atoms with Crippen LogP contribution in [0, 0.1) is 11.8 Å². The van der Waals surface area contributed by atoms with Crippen LogP contribution in [0.1, 0.15) is 25.7 Å². The van der Waals surface area contributed by atoms with Gasteiger partial charge in [0.25, 0.3) is 0 Å². The molecule has 100 valence electrons. The van der Waals surface area contributed by atoms with Gasteiger partial charge in [0.2, 0.25) is 11.8 Å². The zero-order valence-electron chi connectivity index (χ0n) is 10.4. The molecule has 6 heteroatoms. The second-order valence-electron chi connectivity index (χ2n) is 5.16. The molecule has 0 saturated heterocycles. The Kier molecular flexibility index (Phi) is 3.54. The van der Waals surface area contributed by atoms with Gasteiger partial charge in [-0.25, -0.2) is 0 Å². The van der Waals surface area contributed by atoms with E-state index in [-0.39, 0.29) is 24.4 Å². The van der Waals surface area contributed by atoms with Gasteiger partial charge in [-0.15, -0.1) is 0 Å². The molecule has 0 aromatic rings. The van der Waals surface area contributed by atoms with E-state index in [0.717, 1.165) is 12.8 Å². The first-order valence-electron chi connectivity index (χ1n) is 6.26. The monoisotopic (exact) mass is 254 g/mol. The van der Waals surface area contributed by atoms with E-state index in [1.165, 1.54) is 4.90 Å². The van der Waals surface area contributed by atoms with Crippen LogP contribution in [0.25, 0.3) is 0 Å². The predicted molar refractivity (Wildman–Crippen MR) is 62.7 cm³/mol. The van der Waals surface area contributed by atoms with Crippen LogP contribution in [0.4, 0.5) is 0 Å². The molecule has 2 aliphatic rings. The summed E-state index contributed by atoms with van der Waals surface area (Å²) in [4.78, 5) is 35.7. The number of hydrogen-bond donors (Lipinski definition) is 2. The van der Waals surface area contributed by atoms with Crippen molar-refractivity contribution in [2.45, 2.75) is 31.7 Å². The van der Waals surface area contributed by atoms with Crippen LogP contribution in [-0.4, -0.2) is 47.4 Å². The standard InChI is InChI=1S/C12H18N2O4/c1-14(6-10(15)13-7-2-3-7)11(16)8-4-5-9(8)12(17)18/h7-9H,2-6H2,1H3,(H,13,15)(H,17,18). The number of carbonyl (C=O) groups is 3. The molecule has 0 spiro atoms. The first-order valence-corrected chi connectivity index (χ1v) is 6.26. The molecule has 0 bridgehead atoms. The van der Waals surface area contributed by atoms with E-state index in [2.05, 4.69) is 5.32 Å². The van der Waals surface area contributed by atoms with E-state index < -0.39 is 17.8 Å². The number of rotatable bonds is 5. The van der Waals surface area contributed by atoms with Crippen molar-refractivity contribution >= 4 is 17.8 Å². The summed E-state index contributed by atoms with van der Waals surface area (Å²) in [6.45, 7) is 0.0121. The summed E-state index contributed by atoms with van der Waals surface area (Å²) >= 11 is 0. The zero-order valence-corrected chi connectivity index (χ0v) is 10.4. The molecule has 0 aliphatic heterocycles. The molecular weight excluding hydrogens is 236 g/mol. The fourth-order valence-electron chi connectivity index (χ4n) is 2.17. The summed E-state index contributed by atoms with van der Waals surface area (Å²) in [7, 11) is 1.55. The molecule has 6 nitrogen and oxygen atoms in total. The molecule has 0 aromatic carbocycles. The minimum Gasteiger partial charge on any atom is -0.481 e. The first kappa shape index (κ1) is 12.9. The highest BCUT2D eigenvalue weighted by Gasteiger charge is 2.42. The van der Waals surface area contributed by atoms with E-state index in [4.69, 9.17) is 5.11 Å². The third kappa shape index (κ3) is 2.80. The summed E-state index contributed by atoms with van der Waals surface area (Å²) in [5.41, 5.74) is 0. The Morgan fingerprint density at radius 2 is 1.78 bits per heavy atom. The second kappa shape index (κ2) is 4.96. The number of nitrogens with one attached hydrogen (secondary N) is 1. The molecule has 2 unspecified atom stereocenters. The highest BCUT2D eigenvalue weighted by Crippen LogP contribution is 2.35. The van der Waals surface area contributed by atoms with E-state index in [0.29, 0.717) is 12.8 Å². The van der Waals surface area contributed by atoms with Crippen molar-refractivity contribution in [3.63, 3.8) is 0 Å². The Morgan fingerprint density at radius 1 is 1.17 bits per heavy atom. The van der Waals surface area contributed by atoms with E-state index in [1.54, 1.807) is 7.05 Å². The van der Waals surface area contributed by atoms with Gasteiger partial charge < -0.3 is 15.3 Å². The highest BCUT2D eigenvalue weighted by molar-refractivity contribution is 5.89. The van der Waals surface area contributed by atoms with Gasteiger partial charge in [-0.1, -0.05) is 0 Å². The largest absolute Gasteiger partial charge is 0.481 e. The van der Waals surface area contributed by atoms with Crippen molar-refractivity contribution in [3.8, 4) is 0 Å². The zero-order chi connectivity index (χ0) is 13.3. The van der Waals surface area contributed by atoms with Gasteiger partial charge in [-0.05, 0) is 25.7 Å². The molecule has 2 fully saturated rings. The third-order valence-corrected chi connectivity index (χ3v) is 3.61. The number of amides is 2. The van der Waals surface area contributed by atoms with Crippen molar-refractivity contribution in [1.82, 2.24) is 10.2 Å². The quantitative estimate of drug-likeness (QED) is 0.713. The number of likely N-dealkylation sites (N-methyl/N-ethyl adjacent to an activating group) is 1. The molecule has 2 aliphatic carbocycles. The summed E-state index contributed by atoms with van der Waals surface area (Å²) in [5.74, 6) is -2.36. The van der Waals surface area contributed by atoms with Crippen molar-refractivity contribution in [1.29, 1.82) is 0 Å². The molecule has 0 aromatic heterocycles. The number of nitrogens with zero attached hydrogens (tertiary/aromatic N) is 1. The van der Waals surface area contributed by atoms with Crippen LogP contribution in [0.2, 0.25) is 0 Å². The summed E-state index contributed by atoms with van der Waals surface area (Å²) in [6.07, 6.45) is 3.17. The lowest BCUT2D eigenvalue weighted by molar-refractivity contribution is -0.156. The van der Waals surface area contributed by atoms with E-state index in [1.807, 2.05) is 0 Å². The van der Waals surface area contributed by atoms with Gasteiger partial charge in [-0.3, -0.25) is 14.4 Å². The molecule has 2 saturated carbocycles. The Morgan fingerprint density at radius 3 is 2.22 bits per heavy atom. The van der Waals surface area contributed by atoms with Crippen LogP contribution in [-0.2, 0) is 14.4 Å². The summed E-state index contributed by atoms with van der Waals surface area (Å²) in [5, 5.41) is 11.7. The number of carboxylic acid groups (broad SMARTS) is 1. The first-order chi connectivity index (χ1) is 8.49. The maximum atomic E-state index is 12.0. The maximum Gasteiger partial charge on any atom is 0.307 e. The lowest BCUT2D eigenvalue weighted by Gasteiger charge is -2.34. The number of carbonyl (C=O) groups excluding carboxylic acids is 2. The Labute approximate surface area is 105 Å². The minimum atomic E-state index is -0.921. The van der Waals surface area contributed by atoms with Crippen LogP contribution in [0.5, 0.6) is 0 Å². The molecule has 0 radical (unpaired) electrons. The average Bonchev–Trinajstić information content (AvgIpc) is 2.98. The number of hydrogen-bond acceptors (Lipinski definition) is 3. The molecule has 18 heavy (non-hydrogen) atoms. The molecule has 2 atom stereocenters. The van der Waals surface area contributed by atoms with Gasteiger partial charge in [-0.2, -0.15) is 0 Å². The Hall–Kier alpha value is -1.59. The van der Waals surface area contributed by atoms with Gasteiger partial charge in [0.05, 0.1) is 18.4 Å². The van der Waals surface area contributed by atoms with E-state index in [9.17, 15) is 14.4 Å². The highest BCUT2D eigenvalue weighted by atomic mass is 16.4. The van der Waals surface area contributed by atoms with Gasteiger partial charge in [0.15, 0.2) is 0 Å². The summed E-state index contributed by atoms with van der Waals surface area (Å²) in [6, 6.07) is 0.275. The topological polar surface area (TPSA) is 86.7 Å². The molecule has 2 amide bonds. The normalized spacial score (nSPS) is 26.1. The third-order valence-electron chi connectivity index (χ3n) is 3.61. The van der Waals surface area contributed by atoms with Crippen molar-refractivity contribution in [2.24, 2.45) is 11.8 Å². The Balaban J connectivity index is 1.80. The van der Waals surface area contributed by atoms with E-state index >= 15 is 0 Å². The summed E-state index contributed by atoms with van der Waals surface area (Å²) < 4.78 is 0. The Bertz CT molecular complexity index is 378. The molecule has 2 N–H and O–H groups in total. The lowest BCUT2D eigenvalue weighted by atomic mass is 9.73. The van der Waals surface area contributed by atoms with Gasteiger partial charge in [0.1, 0.15) is 0 Å². The number of carboxylic acids is 1. The van der Waals surface area contributed by atoms with Crippen molar-refractivity contribution < 1.29 is 19.5 Å². The predicted octanol–water partition coefficient (Wildman–Crippen LogP) is -0.166. The SMILES string of the molecule is CN(CC(=O)NC1CC1)C(=O)C1CCC1C(=O)O. The van der Waals surface area contributed by atoms with Crippen LogP contribution in [0.3, 0.4) is 0 Å². The molecular formula is C12H18N2O4. The lowest BCUT2D eigenvalue weighted by Crippen LogP contribution is -2.47. The van der Waals surface area contributed by atoms with Crippen LogP contribution in [0.15, 0.2) is 0 Å². The molecule has 2 rings (SSSR count).